The van der Waals surface area contributed by atoms with Crippen LogP contribution in [0.4, 0.5) is 0 Å². The first-order chi connectivity index (χ1) is 8.79. The number of nitrogens with zero attached hydrogens (tertiary/aromatic N) is 1. The SMILES string of the molecule is BrCc1ccccc1.Cc1nc2ccccc2s1. The molecular weight excluding hydrogens is 306 g/mol. The third-order valence-electron chi connectivity index (χ3n) is 2.40. The molecule has 3 heteroatoms. The van der Waals surface area contributed by atoms with Crippen LogP contribution in [0, 0.1) is 6.92 Å². The van der Waals surface area contributed by atoms with Crippen LogP contribution < -0.4 is 0 Å². The summed E-state index contributed by atoms with van der Waals surface area (Å²) in [5.41, 5.74) is 2.44. The van der Waals surface area contributed by atoms with Gasteiger partial charge in [0.2, 0.25) is 0 Å². The summed E-state index contributed by atoms with van der Waals surface area (Å²) in [6.07, 6.45) is 0. The van der Waals surface area contributed by atoms with E-state index in [4.69, 9.17) is 0 Å². The van der Waals surface area contributed by atoms with Crippen LogP contribution in [-0.4, -0.2) is 4.98 Å². The normalized spacial score (nSPS) is 9.89. The third kappa shape index (κ3) is 3.65. The van der Waals surface area contributed by atoms with E-state index in [9.17, 15) is 0 Å². The smallest absolute Gasteiger partial charge is 0.0907 e. The number of alkyl halides is 1. The summed E-state index contributed by atoms with van der Waals surface area (Å²) >= 11 is 5.10. The van der Waals surface area contributed by atoms with Gasteiger partial charge in [-0.25, -0.2) is 4.98 Å². The molecule has 92 valence electrons. The van der Waals surface area contributed by atoms with Gasteiger partial charge in [0.25, 0.3) is 0 Å². The maximum Gasteiger partial charge on any atom is 0.0907 e. The Morgan fingerprint density at radius 3 is 2.28 bits per heavy atom. The maximum absolute atomic E-state index is 4.33. The number of aromatic nitrogens is 1. The van der Waals surface area contributed by atoms with Gasteiger partial charge in [0.1, 0.15) is 0 Å². The Bertz CT molecular complexity index is 571. The van der Waals surface area contributed by atoms with Crippen molar-refractivity contribution in [1.29, 1.82) is 0 Å². The molecule has 3 rings (SSSR count). The van der Waals surface area contributed by atoms with Gasteiger partial charge in [0, 0.05) is 5.33 Å². The molecule has 0 saturated carbocycles. The lowest BCUT2D eigenvalue weighted by Crippen LogP contribution is -1.70. The highest BCUT2D eigenvalue weighted by atomic mass is 79.9. The fourth-order valence-electron chi connectivity index (χ4n) is 1.55. The second-order valence-corrected chi connectivity index (χ2v) is 5.62. The van der Waals surface area contributed by atoms with Gasteiger partial charge in [-0.15, -0.1) is 11.3 Å². The lowest BCUT2D eigenvalue weighted by molar-refractivity contribution is 1.35. The highest BCUT2D eigenvalue weighted by molar-refractivity contribution is 9.08. The summed E-state index contributed by atoms with van der Waals surface area (Å²) in [5.74, 6) is 0. The van der Waals surface area contributed by atoms with Gasteiger partial charge >= 0.3 is 0 Å². The van der Waals surface area contributed by atoms with Gasteiger partial charge in [0.15, 0.2) is 0 Å². The first-order valence-electron chi connectivity index (χ1n) is 5.71. The van der Waals surface area contributed by atoms with E-state index in [2.05, 4.69) is 39.1 Å². The molecule has 0 unspecified atom stereocenters. The number of benzene rings is 2. The van der Waals surface area contributed by atoms with Crippen molar-refractivity contribution in [2.45, 2.75) is 12.3 Å². The minimum Gasteiger partial charge on any atom is -0.242 e. The number of para-hydroxylation sites is 1. The lowest BCUT2D eigenvalue weighted by atomic mass is 10.2. The van der Waals surface area contributed by atoms with Gasteiger partial charge in [-0.3, -0.25) is 0 Å². The summed E-state index contributed by atoms with van der Waals surface area (Å²) in [6, 6.07) is 18.5. The van der Waals surface area contributed by atoms with Crippen molar-refractivity contribution < 1.29 is 0 Å². The molecule has 2 aromatic carbocycles. The Morgan fingerprint density at radius 1 is 1.00 bits per heavy atom. The van der Waals surface area contributed by atoms with Crippen LogP contribution >= 0.6 is 27.3 Å². The van der Waals surface area contributed by atoms with E-state index in [1.807, 2.05) is 43.3 Å². The molecule has 1 heterocycles. The summed E-state index contributed by atoms with van der Waals surface area (Å²) < 4.78 is 1.28. The molecule has 3 aromatic rings. The van der Waals surface area contributed by atoms with Gasteiger partial charge in [-0.2, -0.15) is 0 Å². The number of hydrogen-bond acceptors (Lipinski definition) is 2. The third-order valence-corrected chi connectivity index (χ3v) is 4.00. The van der Waals surface area contributed by atoms with Crippen molar-refractivity contribution in [3.63, 3.8) is 0 Å². The Hall–Kier alpha value is -1.19. The van der Waals surface area contributed by atoms with E-state index in [1.165, 1.54) is 10.3 Å². The van der Waals surface area contributed by atoms with Gasteiger partial charge in [-0.05, 0) is 24.6 Å². The van der Waals surface area contributed by atoms with Crippen molar-refractivity contribution >= 4 is 37.5 Å². The maximum atomic E-state index is 4.33. The molecule has 0 fully saturated rings. The first kappa shape index (κ1) is 13.2. The van der Waals surface area contributed by atoms with Crippen LogP contribution in [-0.2, 0) is 5.33 Å². The standard InChI is InChI=1S/C8H7NS.C7H7Br/c1-6-9-7-4-2-3-5-8(7)10-6;8-6-7-4-2-1-3-5-7/h2-5H,1H3;1-5H,6H2. The predicted octanol–water partition coefficient (Wildman–Crippen LogP) is 5.19. The van der Waals surface area contributed by atoms with Crippen LogP contribution in [0.2, 0.25) is 0 Å². The highest BCUT2D eigenvalue weighted by Crippen LogP contribution is 2.19. The minimum atomic E-state index is 0.952. The van der Waals surface area contributed by atoms with Crippen molar-refractivity contribution in [1.82, 2.24) is 4.98 Å². The summed E-state index contributed by atoms with van der Waals surface area (Å²) in [6.45, 7) is 2.03. The number of fused-ring (bicyclic) bond motifs is 1. The van der Waals surface area contributed by atoms with Gasteiger partial charge < -0.3 is 0 Å². The molecule has 18 heavy (non-hydrogen) atoms. The predicted molar refractivity (Wildman–Crippen MR) is 83.4 cm³/mol. The Kier molecular flexibility index (Phi) is 4.90. The van der Waals surface area contributed by atoms with E-state index in [-0.39, 0.29) is 0 Å². The molecule has 0 aliphatic heterocycles. The Morgan fingerprint density at radius 2 is 1.67 bits per heavy atom. The highest BCUT2D eigenvalue weighted by Gasteiger charge is 1.95. The number of thiazole rings is 1. The van der Waals surface area contributed by atoms with Crippen LogP contribution in [0.15, 0.2) is 54.6 Å². The van der Waals surface area contributed by atoms with Crippen LogP contribution in [0.25, 0.3) is 10.2 Å². The van der Waals surface area contributed by atoms with Crippen molar-refractivity contribution in [3.8, 4) is 0 Å². The van der Waals surface area contributed by atoms with E-state index in [0.29, 0.717) is 0 Å². The number of rotatable bonds is 1. The lowest BCUT2D eigenvalue weighted by Gasteiger charge is -1.88. The van der Waals surface area contributed by atoms with Crippen molar-refractivity contribution in [2.24, 2.45) is 0 Å². The molecular formula is C15H14BrNS. The molecule has 0 N–H and O–H groups in total. The molecule has 0 aliphatic carbocycles. The molecule has 0 aliphatic rings. The monoisotopic (exact) mass is 319 g/mol. The molecule has 1 aromatic heterocycles. The minimum absolute atomic E-state index is 0.952. The van der Waals surface area contributed by atoms with Crippen molar-refractivity contribution in [2.75, 3.05) is 0 Å². The zero-order valence-electron chi connectivity index (χ0n) is 10.1. The average molecular weight is 320 g/mol. The van der Waals surface area contributed by atoms with Crippen LogP contribution in [0.5, 0.6) is 0 Å². The second kappa shape index (κ2) is 6.66. The molecule has 0 bridgehead atoms. The molecule has 0 radical (unpaired) electrons. The van der Waals surface area contributed by atoms with Crippen molar-refractivity contribution in [3.05, 3.63) is 65.2 Å². The number of hydrogen-bond donors (Lipinski definition) is 0. The zero-order chi connectivity index (χ0) is 12.8. The molecule has 0 spiro atoms. The molecule has 1 nitrogen and oxygen atoms in total. The summed E-state index contributed by atoms with van der Waals surface area (Å²) in [5, 5.41) is 2.09. The molecule has 0 atom stereocenters. The van der Waals surface area contributed by atoms with E-state index < -0.39 is 0 Å². The molecule has 0 amide bonds. The first-order valence-corrected chi connectivity index (χ1v) is 7.65. The van der Waals surface area contributed by atoms with E-state index >= 15 is 0 Å². The average Bonchev–Trinajstić information content (AvgIpc) is 2.80. The van der Waals surface area contributed by atoms with E-state index in [0.717, 1.165) is 15.9 Å². The fourth-order valence-corrected chi connectivity index (χ4v) is 2.76. The molecule has 0 saturated heterocycles. The van der Waals surface area contributed by atoms with Gasteiger partial charge in [-0.1, -0.05) is 58.4 Å². The topological polar surface area (TPSA) is 12.9 Å². The van der Waals surface area contributed by atoms with Gasteiger partial charge in [0.05, 0.1) is 15.2 Å². The Labute approximate surface area is 120 Å². The van der Waals surface area contributed by atoms with Crippen LogP contribution in [0.3, 0.4) is 0 Å². The van der Waals surface area contributed by atoms with E-state index in [1.54, 1.807) is 11.3 Å². The number of aryl methyl sites for hydroxylation is 1. The second-order valence-electron chi connectivity index (χ2n) is 3.82. The number of halogens is 1. The zero-order valence-corrected chi connectivity index (χ0v) is 12.5. The quantitative estimate of drug-likeness (QED) is 0.563. The summed E-state index contributed by atoms with van der Waals surface area (Å²) in [4.78, 5) is 4.33. The summed E-state index contributed by atoms with van der Waals surface area (Å²) in [7, 11) is 0. The fraction of sp³-hybridized carbons (Fsp3) is 0.133. The van der Waals surface area contributed by atoms with Crippen LogP contribution in [0.1, 0.15) is 10.6 Å². The largest absolute Gasteiger partial charge is 0.242 e. The Balaban J connectivity index is 0.000000138.